The number of anilines is 1. The lowest BCUT2D eigenvalue weighted by Crippen LogP contribution is -2.35. The summed E-state index contributed by atoms with van der Waals surface area (Å²) in [6, 6.07) is 3.56. The van der Waals surface area contributed by atoms with Crippen LogP contribution < -0.4 is 5.32 Å². The van der Waals surface area contributed by atoms with E-state index in [2.05, 4.69) is 5.32 Å². The normalized spacial score (nSPS) is 21.6. The lowest BCUT2D eigenvalue weighted by atomic mass is 10.1. The third-order valence-electron chi connectivity index (χ3n) is 4.73. The zero-order valence-electron chi connectivity index (χ0n) is 12.8. The van der Waals surface area contributed by atoms with Crippen LogP contribution in [0.15, 0.2) is 18.2 Å². The van der Waals surface area contributed by atoms with Crippen LogP contribution in [-0.2, 0) is 4.79 Å². The maximum Gasteiger partial charge on any atom is 0.272 e. The van der Waals surface area contributed by atoms with Crippen molar-refractivity contribution in [2.24, 2.45) is 5.92 Å². The molecule has 1 amide bonds. The molecule has 1 unspecified atom stereocenters. The second-order valence-electron chi connectivity index (χ2n) is 6.32. The van der Waals surface area contributed by atoms with Crippen molar-refractivity contribution in [1.29, 1.82) is 0 Å². The van der Waals surface area contributed by atoms with Gasteiger partial charge >= 0.3 is 0 Å². The zero-order valence-corrected chi connectivity index (χ0v) is 12.8. The lowest BCUT2D eigenvalue weighted by Gasteiger charge is -2.21. The van der Waals surface area contributed by atoms with Gasteiger partial charge in [0.25, 0.3) is 5.69 Å². The van der Waals surface area contributed by atoms with Crippen LogP contribution in [0.5, 0.6) is 0 Å². The summed E-state index contributed by atoms with van der Waals surface area (Å²) in [5, 5.41) is 13.7. The molecule has 2 aliphatic rings. The summed E-state index contributed by atoms with van der Waals surface area (Å²) >= 11 is 0. The van der Waals surface area contributed by atoms with Gasteiger partial charge in [-0.05, 0) is 25.3 Å². The van der Waals surface area contributed by atoms with Crippen LogP contribution in [0, 0.1) is 21.8 Å². The number of nitrogens with zero attached hydrogens (tertiary/aromatic N) is 2. The molecule has 23 heavy (non-hydrogen) atoms. The summed E-state index contributed by atoms with van der Waals surface area (Å²) in [4.78, 5) is 24.2. The van der Waals surface area contributed by atoms with Gasteiger partial charge in [0.1, 0.15) is 0 Å². The second kappa shape index (κ2) is 6.52. The molecule has 1 atom stereocenters. The van der Waals surface area contributed by atoms with Gasteiger partial charge in [0.2, 0.25) is 5.91 Å². The number of hydrogen-bond donors (Lipinski definition) is 1. The van der Waals surface area contributed by atoms with E-state index in [9.17, 15) is 19.3 Å². The summed E-state index contributed by atoms with van der Waals surface area (Å²) in [6.07, 6.45) is 4.96. The second-order valence-corrected chi connectivity index (χ2v) is 6.32. The fourth-order valence-corrected chi connectivity index (χ4v) is 3.46. The van der Waals surface area contributed by atoms with Gasteiger partial charge < -0.3 is 10.2 Å². The maximum absolute atomic E-state index is 13.9. The molecule has 0 radical (unpaired) electrons. The van der Waals surface area contributed by atoms with Gasteiger partial charge in [-0.2, -0.15) is 0 Å². The molecule has 1 aromatic carbocycles. The largest absolute Gasteiger partial charge is 0.378 e. The molecule has 1 N–H and O–H groups in total. The number of hydrogen-bond acceptors (Lipinski definition) is 4. The Kier molecular flexibility index (Phi) is 4.45. The number of rotatable bonds is 4. The third-order valence-corrected chi connectivity index (χ3v) is 4.73. The number of amides is 1. The lowest BCUT2D eigenvalue weighted by molar-refractivity contribution is -0.385. The van der Waals surface area contributed by atoms with Crippen LogP contribution in [0.1, 0.15) is 32.1 Å². The Labute approximate surface area is 133 Å². The number of carbonyl (C=O) groups is 1. The topological polar surface area (TPSA) is 75.5 Å². The summed E-state index contributed by atoms with van der Waals surface area (Å²) in [5.74, 6) is -0.263. The molecular weight excluding hydrogens is 301 g/mol. The number of nitro groups is 1. The Hall–Kier alpha value is -2.18. The molecule has 1 saturated carbocycles. The first kappa shape index (κ1) is 15.7. The van der Waals surface area contributed by atoms with Crippen molar-refractivity contribution in [3.63, 3.8) is 0 Å². The van der Waals surface area contributed by atoms with Crippen molar-refractivity contribution in [3.05, 3.63) is 34.1 Å². The molecule has 124 valence electrons. The first-order valence-corrected chi connectivity index (χ1v) is 8.04. The molecule has 0 aromatic heterocycles. The van der Waals surface area contributed by atoms with Gasteiger partial charge in [-0.25, -0.2) is 4.39 Å². The molecule has 1 saturated heterocycles. The van der Waals surface area contributed by atoms with Crippen LogP contribution in [0.3, 0.4) is 0 Å². The monoisotopic (exact) mass is 321 g/mol. The highest BCUT2D eigenvalue weighted by molar-refractivity contribution is 5.79. The van der Waals surface area contributed by atoms with Crippen LogP contribution in [-0.4, -0.2) is 34.9 Å². The number of nitrogens with one attached hydrogen (secondary N) is 1. The molecule has 0 bridgehead atoms. The third kappa shape index (κ3) is 3.43. The Balaban J connectivity index is 1.59. The van der Waals surface area contributed by atoms with Crippen molar-refractivity contribution < 1.29 is 14.1 Å². The summed E-state index contributed by atoms with van der Waals surface area (Å²) < 4.78 is 13.9. The van der Waals surface area contributed by atoms with Crippen molar-refractivity contribution in [3.8, 4) is 0 Å². The maximum atomic E-state index is 13.9. The van der Waals surface area contributed by atoms with Gasteiger partial charge in [-0.3, -0.25) is 14.9 Å². The summed E-state index contributed by atoms with van der Waals surface area (Å²) in [6.45, 7) is 1.24. The Morgan fingerprint density at radius 2 is 2.04 bits per heavy atom. The summed E-state index contributed by atoms with van der Waals surface area (Å²) in [7, 11) is 0. The molecule has 1 aliphatic heterocycles. The quantitative estimate of drug-likeness (QED) is 0.683. The van der Waals surface area contributed by atoms with E-state index in [4.69, 9.17) is 0 Å². The van der Waals surface area contributed by atoms with Gasteiger partial charge in [0, 0.05) is 31.1 Å². The smallest absolute Gasteiger partial charge is 0.272 e. The standard InChI is InChI=1S/C16H20FN3O3/c17-14-9-13(20(22)23)5-6-15(14)18-12-7-8-19(10-12)16(21)11-3-1-2-4-11/h5-6,9,11-12,18H,1-4,7-8,10H2. The number of carbonyl (C=O) groups excluding carboxylic acids is 1. The minimum Gasteiger partial charge on any atom is -0.378 e. The van der Waals surface area contributed by atoms with E-state index >= 15 is 0 Å². The first-order chi connectivity index (χ1) is 11.0. The Bertz CT molecular complexity index is 617. The fourth-order valence-electron chi connectivity index (χ4n) is 3.46. The molecule has 0 spiro atoms. The number of non-ortho nitro benzene ring substituents is 1. The van der Waals surface area contributed by atoms with Gasteiger partial charge in [0.05, 0.1) is 16.7 Å². The minimum absolute atomic E-state index is 0.0173. The van der Waals surface area contributed by atoms with E-state index in [-0.39, 0.29) is 29.2 Å². The number of nitro benzene ring substituents is 1. The van der Waals surface area contributed by atoms with E-state index in [1.807, 2.05) is 4.90 Å². The van der Waals surface area contributed by atoms with Crippen molar-refractivity contribution in [2.75, 3.05) is 18.4 Å². The van der Waals surface area contributed by atoms with Gasteiger partial charge in [-0.1, -0.05) is 12.8 Å². The molecule has 1 aliphatic carbocycles. The van der Waals surface area contributed by atoms with Gasteiger partial charge in [0.15, 0.2) is 5.82 Å². The molecule has 1 aromatic rings. The number of benzene rings is 1. The number of likely N-dealkylation sites (tertiary alicyclic amines) is 1. The Morgan fingerprint density at radius 3 is 2.70 bits per heavy atom. The van der Waals surface area contributed by atoms with Crippen molar-refractivity contribution in [2.45, 2.75) is 38.1 Å². The predicted molar refractivity (Wildman–Crippen MR) is 83.6 cm³/mol. The average Bonchev–Trinajstić information content (AvgIpc) is 3.19. The Morgan fingerprint density at radius 1 is 1.30 bits per heavy atom. The van der Waals surface area contributed by atoms with Crippen LogP contribution in [0.2, 0.25) is 0 Å². The van der Waals surface area contributed by atoms with Gasteiger partial charge in [-0.15, -0.1) is 0 Å². The molecule has 1 heterocycles. The molecule has 3 rings (SSSR count). The van der Waals surface area contributed by atoms with Crippen LogP contribution in [0.4, 0.5) is 15.8 Å². The van der Waals surface area contributed by atoms with Crippen molar-refractivity contribution >= 4 is 17.3 Å². The first-order valence-electron chi connectivity index (χ1n) is 8.04. The zero-order chi connectivity index (χ0) is 16.4. The molecular formula is C16H20FN3O3. The van der Waals surface area contributed by atoms with E-state index in [1.54, 1.807) is 0 Å². The molecule has 2 fully saturated rings. The SMILES string of the molecule is O=C(C1CCCC1)N1CCC(Nc2ccc([N+](=O)[O-])cc2F)C1. The highest BCUT2D eigenvalue weighted by Crippen LogP contribution is 2.29. The average molecular weight is 321 g/mol. The molecule has 6 nitrogen and oxygen atoms in total. The van der Waals surface area contributed by atoms with E-state index in [1.165, 1.54) is 12.1 Å². The van der Waals surface area contributed by atoms with Crippen molar-refractivity contribution in [1.82, 2.24) is 4.90 Å². The van der Waals surface area contributed by atoms with E-state index < -0.39 is 10.7 Å². The van der Waals surface area contributed by atoms with Crippen LogP contribution in [0.25, 0.3) is 0 Å². The van der Waals surface area contributed by atoms with E-state index in [0.29, 0.717) is 13.1 Å². The highest BCUT2D eigenvalue weighted by Gasteiger charge is 2.32. The van der Waals surface area contributed by atoms with E-state index in [0.717, 1.165) is 38.2 Å². The highest BCUT2D eigenvalue weighted by atomic mass is 19.1. The fraction of sp³-hybridized carbons (Fsp3) is 0.562. The molecule has 7 heteroatoms. The number of halogens is 1. The predicted octanol–water partition coefficient (Wildman–Crippen LogP) is 2.94. The van der Waals surface area contributed by atoms with Crippen LogP contribution >= 0.6 is 0 Å². The summed E-state index contributed by atoms with van der Waals surface area (Å²) in [5.41, 5.74) is -0.0201. The minimum atomic E-state index is -0.639.